The normalized spacial score (nSPS) is 22.2. The Labute approximate surface area is 280 Å². The zero-order valence-electron chi connectivity index (χ0n) is 23.2. The quantitative estimate of drug-likeness (QED) is 0.0855. The molecule has 0 bridgehead atoms. The summed E-state index contributed by atoms with van der Waals surface area (Å²) in [6, 6.07) is 20.0. The largest absolute Gasteiger partial charge is 0.451 e. The van der Waals surface area contributed by atoms with Crippen LogP contribution in [0.25, 0.3) is 22.2 Å². The van der Waals surface area contributed by atoms with Gasteiger partial charge in [-0.2, -0.15) is 0 Å². The van der Waals surface area contributed by atoms with Gasteiger partial charge in [-0.1, -0.05) is 91.5 Å². The van der Waals surface area contributed by atoms with Crippen molar-refractivity contribution in [3.8, 4) is 11.3 Å². The molecule has 3 aromatic carbocycles. The number of alkyl halides is 2. The molecule has 6 rings (SSSR count). The Balaban J connectivity index is 1.30. The number of imide groups is 1. The molecule has 4 aromatic rings. The smallest absolute Gasteiger partial charge is 0.339 e. The fraction of sp³-hybridized carbons (Fsp3) is 0.242. The average Bonchev–Trinajstić information content (AvgIpc) is 3.24. The zero-order valence-corrected chi connectivity index (χ0v) is 27.9. The van der Waals surface area contributed by atoms with E-state index in [4.69, 9.17) is 32.9 Å². The number of halogens is 4. The number of amides is 2. The first-order chi connectivity index (χ1) is 21.0. The second-order valence-corrected chi connectivity index (χ2v) is 14.1. The maximum atomic E-state index is 13.5. The number of carbonyl (C=O) groups is 4. The number of para-hydroxylation sites is 1. The lowest BCUT2D eigenvalue weighted by atomic mass is 9.81. The Hall–Kier alpha value is -3.11. The zero-order chi connectivity index (χ0) is 31.3. The molecule has 5 unspecified atom stereocenters. The van der Waals surface area contributed by atoms with Crippen molar-refractivity contribution in [2.45, 2.75) is 35.5 Å². The molecular formula is C33H24Br2Cl2N2O5. The number of aromatic nitrogens is 1. The molecule has 2 heterocycles. The number of fused-ring (bicyclic) bond motifs is 2. The number of Topliss-reactive ketones (excluding diaryl/α,β-unsaturated/α-hetero) is 1. The minimum atomic E-state index is -1.08. The van der Waals surface area contributed by atoms with E-state index in [1.165, 1.54) is 17.9 Å². The molecule has 1 aromatic heterocycles. The molecule has 1 aliphatic heterocycles. The predicted molar refractivity (Wildman–Crippen MR) is 177 cm³/mol. The van der Waals surface area contributed by atoms with Crippen LogP contribution in [0, 0.1) is 11.8 Å². The fourth-order valence-electron chi connectivity index (χ4n) is 5.82. The van der Waals surface area contributed by atoms with E-state index in [1.807, 2.05) is 0 Å². The van der Waals surface area contributed by atoms with Crippen LogP contribution >= 0.6 is 55.1 Å². The van der Waals surface area contributed by atoms with Crippen LogP contribution < -0.4 is 4.90 Å². The molecule has 0 spiro atoms. The number of ether oxygens (including phenoxy) is 1. The van der Waals surface area contributed by atoms with Crippen LogP contribution in [0.3, 0.4) is 0 Å². The third-order valence-corrected chi connectivity index (χ3v) is 11.4. The Bertz CT molecular complexity index is 1810. The van der Waals surface area contributed by atoms with Gasteiger partial charge in [-0.3, -0.25) is 19.3 Å². The molecule has 0 N–H and O–H groups in total. The first-order valence-corrected chi connectivity index (χ1v) is 16.5. The lowest BCUT2D eigenvalue weighted by Gasteiger charge is -2.29. The van der Waals surface area contributed by atoms with Gasteiger partial charge in [-0.15, -0.1) is 0 Å². The summed E-state index contributed by atoms with van der Waals surface area (Å²) in [5.74, 6) is -2.21. The lowest BCUT2D eigenvalue weighted by molar-refractivity contribution is -0.122. The SMILES string of the molecule is CC(OC(=O)c1cc(-c2ccc(N3C(=O)C4CC(Br)C(Br)CC4C3=O)cc2)nc2c(Cl)cccc12)C(=O)c1cccc(Cl)c1. The molecule has 0 radical (unpaired) electrons. The van der Waals surface area contributed by atoms with Crippen LogP contribution in [0.5, 0.6) is 0 Å². The van der Waals surface area contributed by atoms with Gasteiger partial charge in [0.1, 0.15) is 0 Å². The van der Waals surface area contributed by atoms with Gasteiger partial charge >= 0.3 is 5.97 Å². The van der Waals surface area contributed by atoms with Gasteiger partial charge in [0, 0.05) is 31.2 Å². The Morgan fingerprint density at radius 2 is 1.55 bits per heavy atom. The highest BCUT2D eigenvalue weighted by molar-refractivity contribution is 9.12. The molecule has 11 heteroatoms. The van der Waals surface area contributed by atoms with E-state index in [9.17, 15) is 19.2 Å². The number of benzene rings is 3. The van der Waals surface area contributed by atoms with Gasteiger partial charge in [-0.05, 0) is 56.2 Å². The van der Waals surface area contributed by atoms with E-state index in [1.54, 1.807) is 66.7 Å². The Morgan fingerprint density at radius 1 is 0.909 bits per heavy atom. The van der Waals surface area contributed by atoms with E-state index in [2.05, 4.69) is 31.9 Å². The average molecular weight is 759 g/mol. The summed E-state index contributed by atoms with van der Waals surface area (Å²) in [5.41, 5.74) is 2.43. The highest BCUT2D eigenvalue weighted by atomic mass is 79.9. The lowest BCUT2D eigenvalue weighted by Crippen LogP contribution is -2.34. The summed E-state index contributed by atoms with van der Waals surface area (Å²) >= 11 is 19.8. The van der Waals surface area contributed by atoms with Gasteiger partial charge < -0.3 is 4.74 Å². The molecule has 224 valence electrons. The van der Waals surface area contributed by atoms with Crippen LogP contribution in [0.1, 0.15) is 40.5 Å². The third kappa shape index (κ3) is 5.71. The number of rotatable bonds is 6. The standard InChI is InChI=1S/C33H24Br2Cl2N2O5/c1-16(30(40)18-4-2-5-19(36)12-18)44-33(43)24-15-28(38-29-21(24)6-3-7-27(29)37)17-8-10-20(11-9-17)39-31(41)22-13-25(34)26(35)14-23(22)32(39)42/h2-12,15-16,22-23,25-26H,13-14H2,1H3. The molecule has 2 amide bonds. The molecule has 1 saturated carbocycles. The van der Waals surface area contributed by atoms with Crippen LogP contribution in [-0.4, -0.2) is 44.3 Å². The molecule has 1 saturated heterocycles. The topological polar surface area (TPSA) is 93.6 Å². The van der Waals surface area contributed by atoms with E-state index in [-0.39, 0.29) is 38.9 Å². The van der Waals surface area contributed by atoms with E-state index in [0.29, 0.717) is 56.3 Å². The first kappa shape index (κ1) is 30.9. The van der Waals surface area contributed by atoms with Gasteiger partial charge in [0.15, 0.2) is 6.10 Å². The summed E-state index contributed by atoms with van der Waals surface area (Å²) in [5, 5.41) is 1.21. The highest BCUT2D eigenvalue weighted by Crippen LogP contribution is 2.44. The number of anilines is 1. The molecule has 7 nitrogen and oxygen atoms in total. The summed E-state index contributed by atoms with van der Waals surface area (Å²) in [7, 11) is 0. The number of hydrogen-bond donors (Lipinski definition) is 0. The number of pyridine rings is 1. The number of ketones is 1. The fourth-order valence-corrected chi connectivity index (χ4v) is 7.46. The number of carbonyl (C=O) groups excluding carboxylic acids is 4. The third-order valence-electron chi connectivity index (χ3n) is 8.11. The van der Waals surface area contributed by atoms with Crippen LogP contribution in [0.2, 0.25) is 10.0 Å². The first-order valence-electron chi connectivity index (χ1n) is 13.9. The second-order valence-electron chi connectivity index (χ2n) is 10.9. The van der Waals surface area contributed by atoms with Crippen molar-refractivity contribution >= 4 is 95.2 Å². The summed E-state index contributed by atoms with van der Waals surface area (Å²) < 4.78 is 5.61. The van der Waals surface area contributed by atoms with Crippen LogP contribution in [0.15, 0.2) is 72.8 Å². The van der Waals surface area contributed by atoms with Crippen molar-refractivity contribution in [2.24, 2.45) is 11.8 Å². The monoisotopic (exact) mass is 756 g/mol. The predicted octanol–water partition coefficient (Wildman–Crippen LogP) is 8.06. The Morgan fingerprint density at radius 3 is 2.18 bits per heavy atom. The number of hydrogen-bond acceptors (Lipinski definition) is 6. The van der Waals surface area contributed by atoms with Crippen molar-refractivity contribution in [1.82, 2.24) is 4.98 Å². The Kier molecular flexibility index (Phi) is 8.67. The summed E-state index contributed by atoms with van der Waals surface area (Å²) in [6.07, 6.45) is 0.0953. The van der Waals surface area contributed by atoms with Crippen molar-refractivity contribution in [1.29, 1.82) is 0 Å². The number of nitrogens with zero attached hydrogens (tertiary/aromatic N) is 2. The van der Waals surface area contributed by atoms with E-state index in [0.717, 1.165) is 0 Å². The minimum absolute atomic E-state index is 0.118. The molecule has 44 heavy (non-hydrogen) atoms. The van der Waals surface area contributed by atoms with Crippen molar-refractivity contribution in [3.63, 3.8) is 0 Å². The minimum Gasteiger partial charge on any atom is -0.451 e. The van der Waals surface area contributed by atoms with Gasteiger partial charge in [-0.25, -0.2) is 9.78 Å². The van der Waals surface area contributed by atoms with Crippen molar-refractivity contribution in [3.05, 3.63) is 94.0 Å². The molecular weight excluding hydrogens is 735 g/mol. The van der Waals surface area contributed by atoms with E-state index >= 15 is 0 Å². The van der Waals surface area contributed by atoms with Crippen molar-refractivity contribution in [2.75, 3.05) is 4.90 Å². The van der Waals surface area contributed by atoms with Gasteiger partial charge in [0.05, 0.1) is 39.3 Å². The molecule has 2 aliphatic rings. The van der Waals surface area contributed by atoms with Gasteiger partial charge in [0.2, 0.25) is 17.6 Å². The maximum Gasteiger partial charge on any atom is 0.339 e. The number of esters is 1. The summed E-state index contributed by atoms with van der Waals surface area (Å²) in [6.45, 7) is 1.50. The van der Waals surface area contributed by atoms with Crippen LogP contribution in [-0.2, 0) is 14.3 Å². The van der Waals surface area contributed by atoms with E-state index < -0.39 is 17.9 Å². The van der Waals surface area contributed by atoms with Crippen LogP contribution in [0.4, 0.5) is 5.69 Å². The van der Waals surface area contributed by atoms with Gasteiger partial charge in [0.25, 0.3) is 0 Å². The highest BCUT2D eigenvalue weighted by Gasteiger charge is 2.52. The maximum absolute atomic E-state index is 13.5. The molecule has 5 atom stereocenters. The van der Waals surface area contributed by atoms with Crippen molar-refractivity contribution < 1.29 is 23.9 Å². The molecule has 2 fully saturated rings. The second kappa shape index (κ2) is 12.4. The molecule has 1 aliphatic carbocycles. The summed E-state index contributed by atoms with van der Waals surface area (Å²) in [4.78, 5) is 59.2.